The Balaban J connectivity index is 1.76. The molecule has 0 saturated carbocycles. The fourth-order valence-electron chi connectivity index (χ4n) is 4.36. The van der Waals surface area contributed by atoms with Crippen LogP contribution in [0.3, 0.4) is 0 Å². The molecule has 1 amide bonds. The van der Waals surface area contributed by atoms with Gasteiger partial charge in [0.05, 0.1) is 5.56 Å². The molecule has 0 atom stereocenters. The molecule has 0 spiro atoms. The molecule has 2 aliphatic heterocycles. The van der Waals surface area contributed by atoms with E-state index in [4.69, 9.17) is 14.8 Å². The van der Waals surface area contributed by atoms with Crippen molar-refractivity contribution in [2.45, 2.75) is 89.7 Å². The van der Waals surface area contributed by atoms with Crippen LogP contribution in [0.15, 0.2) is 18.2 Å². The summed E-state index contributed by atoms with van der Waals surface area (Å²) >= 11 is 0. The van der Waals surface area contributed by atoms with E-state index in [2.05, 4.69) is 5.32 Å². The van der Waals surface area contributed by atoms with E-state index >= 15 is 4.39 Å². The number of hydrogen-bond donors (Lipinski definition) is 2. The van der Waals surface area contributed by atoms with Crippen LogP contribution in [0.2, 0.25) is 5.31 Å². The molecular formula is C25H36BF4N3O3. The maximum Gasteiger partial charge on any atom is 0.416 e. The Kier molecular flexibility index (Phi) is 7.24. The molecule has 36 heavy (non-hydrogen) atoms. The Bertz CT molecular complexity index is 1010. The van der Waals surface area contributed by atoms with Crippen LogP contribution in [-0.4, -0.2) is 60.0 Å². The van der Waals surface area contributed by atoms with E-state index in [0.29, 0.717) is 0 Å². The lowest BCUT2D eigenvalue weighted by Crippen LogP contribution is -2.65. The topological polar surface area (TPSA) is 74.7 Å². The van der Waals surface area contributed by atoms with Crippen molar-refractivity contribution < 1.29 is 31.7 Å². The minimum absolute atomic E-state index is 0.0118. The van der Waals surface area contributed by atoms with E-state index in [0.717, 1.165) is 12.1 Å². The summed E-state index contributed by atoms with van der Waals surface area (Å²) in [5, 5.41) is 11.1. The van der Waals surface area contributed by atoms with E-state index in [1.807, 2.05) is 27.7 Å². The smallest absolute Gasteiger partial charge is 0.416 e. The van der Waals surface area contributed by atoms with Crippen LogP contribution in [-0.2, 0) is 15.6 Å². The Labute approximate surface area is 210 Å². The maximum absolute atomic E-state index is 15.6. The van der Waals surface area contributed by atoms with Gasteiger partial charge < -0.3 is 25.0 Å². The van der Waals surface area contributed by atoms with Gasteiger partial charge in [0.15, 0.2) is 0 Å². The third-order valence-corrected chi connectivity index (χ3v) is 7.43. The van der Waals surface area contributed by atoms with E-state index in [1.165, 1.54) is 11.0 Å². The van der Waals surface area contributed by atoms with Gasteiger partial charge in [0.1, 0.15) is 11.3 Å². The van der Waals surface area contributed by atoms with Gasteiger partial charge in [-0.25, -0.2) is 9.18 Å². The van der Waals surface area contributed by atoms with Crippen molar-refractivity contribution in [1.29, 1.82) is 5.41 Å². The van der Waals surface area contributed by atoms with Gasteiger partial charge in [0.25, 0.3) is 0 Å². The quantitative estimate of drug-likeness (QED) is 0.274. The molecule has 200 valence electrons. The highest BCUT2D eigenvalue weighted by atomic mass is 19.4. The van der Waals surface area contributed by atoms with Crippen molar-refractivity contribution in [3.05, 3.63) is 29.3 Å². The minimum atomic E-state index is -4.59. The zero-order valence-corrected chi connectivity index (χ0v) is 22.0. The van der Waals surface area contributed by atoms with Crippen LogP contribution in [0.4, 0.5) is 28.0 Å². The summed E-state index contributed by atoms with van der Waals surface area (Å²) in [6.45, 7) is 12.4. The van der Waals surface area contributed by atoms with Crippen LogP contribution in [0.1, 0.15) is 72.4 Å². The molecule has 0 radical (unpaired) electrons. The number of nitrogens with zero attached hydrogens (tertiary/aromatic N) is 1. The van der Waals surface area contributed by atoms with Crippen molar-refractivity contribution in [3.8, 4) is 0 Å². The second kappa shape index (κ2) is 9.22. The lowest BCUT2D eigenvalue weighted by Gasteiger charge is -2.56. The lowest BCUT2D eigenvalue weighted by atomic mass is 9.33. The molecule has 11 heteroatoms. The molecule has 2 aliphatic rings. The Morgan fingerprint density at radius 1 is 1.17 bits per heavy atom. The standard InChI is InChI=1S/C25H36BF4N3O3/c1-21(2,3)35-20(34)33-12-10-24(27,11-13-33)15-32-18-14-16(25(28,29)30)8-9-17(18)19(31)26-22(4,5)23(6,7)36-26/h8-9,14,31-32H,10-13,15H2,1-7H3. The first-order chi connectivity index (χ1) is 16.3. The summed E-state index contributed by atoms with van der Waals surface area (Å²) in [5.41, 5.74) is -3.46. The maximum atomic E-state index is 15.6. The highest BCUT2D eigenvalue weighted by Gasteiger charge is 2.61. The average molecular weight is 513 g/mol. The van der Waals surface area contributed by atoms with Gasteiger partial charge in [-0.1, -0.05) is 19.9 Å². The number of ether oxygens (including phenoxy) is 1. The Morgan fingerprint density at radius 2 is 1.75 bits per heavy atom. The first-order valence-corrected chi connectivity index (χ1v) is 12.1. The number of piperidine rings is 1. The first-order valence-electron chi connectivity index (χ1n) is 12.1. The van der Waals surface area contributed by atoms with Crippen LogP contribution in [0, 0.1) is 5.41 Å². The molecule has 2 fully saturated rings. The van der Waals surface area contributed by atoms with Crippen molar-refractivity contribution >= 4 is 24.3 Å². The van der Waals surface area contributed by atoms with Gasteiger partial charge >= 0.3 is 19.2 Å². The average Bonchev–Trinajstić information content (AvgIpc) is 2.74. The minimum Gasteiger partial charge on any atom is -0.444 e. The Hall–Kier alpha value is -2.30. The zero-order chi connectivity index (χ0) is 27.3. The molecule has 2 saturated heterocycles. The largest absolute Gasteiger partial charge is 0.444 e. The lowest BCUT2D eigenvalue weighted by molar-refractivity contribution is -0.137. The predicted molar refractivity (Wildman–Crippen MR) is 133 cm³/mol. The van der Waals surface area contributed by atoms with Gasteiger partial charge in [-0.15, -0.1) is 0 Å². The molecule has 0 unspecified atom stereocenters. The van der Waals surface area contributed by atoms with Crippen molar-refractivity contribution in [2.75, 3.05) is 25.0 Å². The van der Waals surface area contributed by atoms with Crippen LogP contribution in [0.25, 0.3) is 0 Å². The monoisotopic (exact) mass is 513 g/mol. The van der Waals surface area contributed by atoms with Gasteiger partial charge in [-0.2, -0.15) is 13.2 Å². The van der Waals surface area contributed by atoms with Crippen molar-refractivity contribution in [2.24, 2.45) is 0 Å². The van der Waals surface area contributed by atoms with Crippen LogP contribution < -0.4 is 5.32 Å². The summed E-state index contributed by atoms with van der Waals surface area (Å²) in [7, 11) is 0. The van der Waals surface area contributed by atoms with E-state index in [-0.39, 0.29) is 49.3 Å². The second-order valence-electron chi connectivity index (χ2n) is 11.9. The molecule has 6 nitrogen and oxygen atoms in total. The van der Waals surface area contributed by atoms with Crippen LogP contribution in [0.5, 0.6) is 0 Å². The summed E-state index contributed by atoms with van der Waals surface area (Å²) in [4.78, 5) is 13.7. The fourth-order valence-corrected chi connectivity index (χ4v) is 4.36. The molecule has 2 heterocycles. The molecular weight excluding hydrogens is 477 g/mol. The SMILES string of the molecule is CC(C)(C)OC(=O)N1CCC(F)(CNc2cc(C(F)(F)F)ccc2C(=N)B2OC(C)(C)C2(C)C)CC1. The van der Waals surface area contributed by atoms with E-state index in [9.17, 15) is 18.0 Å². The van der Waals surface area contributed by atoms with E-state index in [1.54, 1.807) is 20.8 Å². The molecule has 0 bridgehead atoms. The number of hydrogen-bond acceptors (Lipinski definition) is 5. The molecule has 1 aromatic rings. The van der Waals surface area contributed by atoms with Gasteiger partial charge in [0.2, 0.25) is 0 Å². The number of amides is 1. The third kappa shape index (κ3) is 5.81. The zero-order valence-electron chi connectivity index (χ0n) is 22.0. The number of benzene rings is 1. The van der Waals surface area contributed by atoms with Crippen molar-refractivity contribution in [3.63, 3.8) is 0 Å². The summed E-state index contributed by atoms with van der Waals surface area (Å²) in [6.07, 6.45) is -5.08. The number of rotatable bonds is 5. The van der Waals surface area contributed by atoms with Gasteiger partial charge in [-0.3, -0.25) is 0 Å². The number of halogens is 4. The molecule has 0 aliphatic carbocycles. The number of anilines is 1. The first kappa shape index (κ1) is 28.3. The second-order valence-corrected chi connectivity index (χ2v) is 11.9. The fraction of sp³-hybridized carbons (Fsp3) is 0.680. The highest BCUT2D eigenvalue weighted by molar-refractivity contribution is 6.93. The number of carbonyl (C=O) groups excluding carboxylic acids is 1. The molecule has 0 aromatic heterocycles. The molecule has 2 N–H and O–H groups in total. The predicted octanol–water partition coefficient (Wildman–Crippen LogP) is 6.34. The van der Waals surface area contributed by atoms with Gasteiger partial charge in [0, 0.05) is 60.3 Å². The number of likely N-dealkylation sites (tertiary alicyclic amines) is 1. The highest BCUT2D eigenvalue weighted by Crippen LogP contribution is 2.54. The summed E-state index contributed by atoms with van der Waals surface area (Å²) < 4.78 is 67.2. The Morgan fingerprint density at radius 3 is 2.22 bits per heavy atom. The van der Waals surface area contributed by atoms with Crippen molar-refractivity contribution in [1.82, 2.24) is 4.90 Å². The summed E-state index contributed by atoms with van der Waals surface area (Å²) in [6, 6.07) is 3.09. The molecule has 3 rings (SSSR count). The molecule has 1 aromatic carbocycles. The third-order valence-electron chi connectivity index (χ3n) is 7.43. The number of alkyl halides is 4. The van der Waals surface area contributed by atoms with Gasteiger partial charge in [-0.05, 0) is 46.8 Å². The number of nitrogens with one attached hydrogen (secondary N) is 2. The van der Waals surface area contributed by atoms with Crippen LogP contribution >= 0.6 is 0 Å². The number of carbonyl (C=O) groups is 1. The van der Waals surface area contributed by atoms with E-state index < -0.39 is 46.9 Å². The summed E-state index contributed by atoms with van der Waals surface area (Å²) in [5.74, 6) is 0. The normalized spacial score (nSPS) is 21.0.